The molecule has 9 rings (SSSR count). The highest BCUT2D eigenvalue weighted by Gasteiger charge is 2.31. The van der Waals surface area contributed by atoms with E-state index in [1.54, 1.807) is 89.1 Å². The first kappa shape index (κ1) is 50.4. The minimum absolute atomic E-state index is 0.0107. The van der Waals surface area contributed by atoms with E-state index in [0.717, 1.165) is 52.3 Å². The maximum Gasteiger partial charge on any atom is 0.416 e. The van der Waals surface area contributed by atoms with Gasteiger partial charge >= 0.3 is 24.5 Å². The third kappa shape index (κ3) is 14.8. The first-order chi connectivity index (χ1) is 34.7. The molecular formula is C54H49F6N5O7. The topological polar surface area (TPSA) is 117 Å². The Hall–Kier alpha value is -8.02. The second-order valence-corrected chi connectivity index (χ2v) is 17.0. The zero-order valence-corrected chi connectivity index (χ0v) is 38.7. The third-order valence-electron chi connectivity index (χ3n) is 11.8. The maximum atomic E-state index is 12.8. The molecule has 72 heavy (non-hydrogen) atoms. The van der Waals surface area contributed by atoms with Gasteiger partial charge in [0.25, 0.3) is 0 Å². The van der Waals surface area contributed by atoms with Crippen molar-refractivity contribution in [3.8, 4) is 28.9 Å². The Morgan fingerprint density at radius 2 is 0.931 bits per heavy atom. The number of carbonyl (C=O) groups is 2. The molecule has 2 aliphatic heterocycles. The van der Waals surface area contributed by atoms with Crippen LogP contribution in [-0.4, -0.2) is 75.3 Å². The smallest absolute Gasteiger partial charge is 0.416 e. The second-order valence-electron chi connectivity index (χ2n) is 17.0. The molecule has 0 bridgehead atoms. The van der Waals surface area contributed by atoms with Crippen LogP contribution >= 0.6 is 0 Å². The Bertz CT molecular complexity index is 2780. The summed E-state index contributed by atoms with van der Waals surface area (Å²) < 4.78 is 99.0. The van der Waals surface area contributed by atoms with Crippen molar-refractivity contribution < 1.29 is 59.7 Å². The average Bonchev–Trinajstić information content (AvgIpc) is 3.90. The van der Waals surface area contributed by atoms with E-state index >= 15 is 0 Å². The number of piperidine rings is 2. The van der Waals surface area contributed by atoms with Gasteiger partial charge in [-0.25, -0.2) is 14.6 Å². The minimum atomic E-state index is -4.35. The van der Waals surface area contributed by atoms with Gasteiger partial charge in [0.1, 0.15) is 35.2 Å². The second kappa shape index (κ2) is 23.3. The van der Waals surface area contributed by atoms with Crippen molar-refractivity contribution in [2.45, 2.75) is 63.1 Å². The summed E-state index contributed by atoms with van der Waals surface area (Å²) in [4.78, 5) is 39.6. The van der Waals surface area contributed by atoms with E-state index in [1.165, 1.54) is 29.1 Å². The lowest BCUT2D eigenvalue weighted by molar-refractivity contribution is -0.138. The molecule has 18 heteroatoms. The van der Waals surface area contributed by atoms with Crippen molar-refractivity contribution in [1.29, 1.82) is 0 Å². The number of hydrogen-bond donors (Lipinski definition) is 0. The van der Waals surface area contributed by atoms with E-state index < -0.39 is 35.7 Å². The number of halogens is 6. The van der Waals surface area contributed by atoms with Gasteiger partial charge in [-0.3, -0.25) is 0 Å². The van der Waals surface area contributed by atoms with Crippen LogP contribution in [0.15, 0.2) is 164 Å². The monoisotopic (exact) mass is 993 g/mol. The molecule has 4 heterocycles. The predicted octanol–water partition coefficient (Wildman–Crippen LogP) is 12.1. The maximum absolute atomic E-state index is 12.8. The Morgan fingerprint density at radius 1 is 0.500 bits per heavy atom. The molecule has 12 nitrogen and oxygen atoms in total. The molecule has 0 aliphatic carbocycles. The number of rotatable bonds is 12. The van der Waals surface area contributed by atoms with E-state index in [2.05, 4.69) is 10.1 Å². The van der Waals surface area contributed by atoms with E-state index in [0.29, 0.717) is 87.8 Å². The number of benzene rings is 5. The normalized spacial score (nSPS) is 14.4. The number of amides is 2. The molecule has 5 aromatic carbocycles. The van der Waals surface area contributed by atoms with E-state index in [-0.39, 0.29) is 12.2 Å². The highest BCUT2D eigenvalue weighted by atomic mass is 19.4. The molecule has 2 aliphatic rings. The fourth-order valence-electron chi connectivity index (χ4n) is 7.85. The number of ether oxygens (including phenoxy) is 4. The van der Waals surface area contributed by atoms with Crippen LogP contribution in [0.4, 0.5) is 35.9 Å². The summed E-state index contributed by atoms with van der Waals surface area (Å²) >= 11 is 0. The van der Waals surface area contributed by atoms with Crippen LogP contribution in [0.1, 0.15) is 59.1 Å². The largest absolute Gasteiger partial charge is 0.490 e. The number of likely N-dealkylation sites (tertiary alicyclic amines) is 2. The average molecular weight is 994 g/mol. The van der Waals surface area contributed by atoms with Crippen molar-refractivity contribution in [3.05, 3.63) is 198 Å². The molecule has 2 saturated heterocycles. The Labute approximate surface area is 411 Å². The summed E-state index contributed by atoms with van der Waals surface area (Å²) in [7, 11) is 0. The number of alkyl halides is 6. The Kier molecular flexibility index (Phi) is 16.3. The highest BCUT2D eigenvalue weighted by molar-refractivity contribution is 5.71. The summed E-state index contributed by atoms with van der Waals surface area (Å²) in [6.07, 6.45) is -0.868. The first-order valence-corrected chi connectivity index (χ1v) is 23.1. The Balaban J connectivity index is 0.000000197. The van der Waals surface area contributed by atoms with Crippen molar-refractivity contribution in [1.82, 2.24) is 24.7 Å². The summed E-state index contributed by atoms with van der Waals surface area (Å²) in [6.45, 7) is 2.07. The molecule has 374 valence electrons. The van der Waals surface area contributed by atoms with Crippen LogP contribution in [0.2, 0.25) is 0 Å². The van der Waals surface area contributed by atoms with Crippen molar-refractivity contribution in [2.75, 3.05) is 26.2 Å². The number of hydrogen-bond acceptors (Lipinski definition) is 9. The fraction of sp³-hybridized carbons (Fsp3) is 0.259. The zero-order valence-electron chi connectivity index (χ0n) is 38.7. The van der Waals surface area contributed by atoms with Gasteiger partial charge < -0.3 is 33.6 Å². The lowest BCUT2D eigenvalue weighted by atomic mass is 10.0. The lowest BCUT2D eigenvalue weighted by Gasteiger charge is -2.31. The summed E-state index contributed by atoms with van der Waals surface area (Å²) in [5, 5.41) is 4.01. The van der Waals surface area contributed by atoms with Gasteiger partial charge in [-0.1, -0.05) is 54.6 Å². The molecule has 2 fully saturated rings. The molecule has 0 unspecified atom stereocenters. The summed E-state index contributed by atoms with van der Waals surface area (Å²) in [6, 6.07) is 38.7. The number of carbonyl (C=O) groups excluding carboxylic acids is 2. The SMILES string of the molecule is O=C(Oc1ccc(Cc2ccc(C(F)(F)F)cc2)cc1)N1CCC(Oc2ccc(Oc3ccccn3)cc2)CC1.O=C(Oc1ccc(Cc2ccc(C(F)(F)F)cc2)cc1)N1CCC(On2cccn2)CC1. The van der Waals surface area contributed by atoms with Crippen LogP contribution in [0.3, 0.4) is 0 Å². The van der Waals surface area contributed by atoms with Gasteiger partial charge in [-0.2, -0.15) is 26.3 Å². The van der Waals surface area contributed by atoms with Crippen LogP contribution in [0, 0.1) is 0 Å². The highest BCUT2D eigenvalue weighted by Crippen LogP contribution is 2.31. The molecule has 0 radical (unpaired) electrons. The molecule has 0 saturated carbocycles. The van der Waals surface area contributed by atoms with Gasteiger partial charge in [-0.05, 0) is 120 Å². The van der Waals surface area contributed by atoms with Crippen LogP contribution in [0.25, 0.3) is 0 Å². The van der Waals surface area contributed by atoms with Crippen molar-refractivity contribution >= 4 is 12.2 Å². The van der Waals surface area contributed by atoms with Gasteiger partial charge in [0.2, 0.25) is 5.88 Å². The van der Waals surface area contributed by atoms with Gasteiger partial charge in [-0.15, -0.1) is 9.94 Å². The van der Waals surface area contributed by atoms with E-state index in [1.807, 2.05) is 36.4 Å². The number of aromatic nitrogens is 3. The van der Waals surface area contributed by atoms with Crippen LogP contribution in [0.5, 0.6) is 28.9 Å². The van der Waals surface area contributed by atoms with Gasteiger partial charge in [0.05, 0.1) is 23.5 Å². The molecule has 0 N–H and O–H groups in total. The quantitative estimate of drug-likeness (QED) is 0.110. The molecule has 0 spiro atoms. The molecule has 2 aromatic heterocycles. The standard InChI is InChI=1S/C31H27F3N2O4.C23H22F3N3O3/c32-31(33,34)24-8-4-22(5-9-24)21-23-6-10-27(11-7-23)40-30(37)36-19-16-28(17-20-36)38-25-12-14-26(15-13-25)39-29-3-1-2-18-35-29;24-23(25,26)19-6-2-17(3-7-19)16-18-4-8-20(9-5-18)31-22(30)28-14-10-21(11-15-28)32-29-13-1-12-27-29/h1-15,18,28H,16-17,19-21H2;1-9,12-13,21H,10-11,14-16H2. The Morgan fingerprint density at radius 3 is 1.35 bits per heavy atom. The number of nitrogens with zero attached hydrogens (tertiary/aromatic N) is 5. The van der Waals surface area contributed by atoms with Gasteiger partial charge in [0, 0.05) is 64.1 Å². The zero-order chi connectivity index (χ0) is 50.5. The molecule has 7 aromatic rings. The van der Waals surface area contributed by atoms with E-state index in [4.69, 9.17) is 23.8 Å². The first-order valence-electron chi connectivity index (χ1n) is 23.1. The minimum Gasteiger partial charge on any atom is -0.490 e. The summed E-state index contributed by atoms with van der Waals surface area (Å²) in [5.41, 5.74) is 1.99. The molecule has 2 amide bonds. The van der Waals surface area contributed by atoms with Gasteiger partial charge in [0.15, 0.2) is 0 Å². The number of pyridine rings is 1. The van der Waals surface area contributed by atoms with Crippen molar-refractivity contribution in [2.24, 2.45) is 0 Å². The lowest BCUT2D eigenvalue weighted by Crippen LogP contribution is -2.44. The molecule has 0 atom stereocenters. The van der Waals surface area contributed by atoms with E-state index in [9.17, 15) is 35.9 Å². The van der Waals surface area contributed by atoms with Crippen LogP contribution < -0.4 is 23.8 Å². The summed E-state index contributed by atoms with van der Waals surface area (Å²) in [5.74, 6) is 2.74. The van der Waals surface area contributed by atoms with Crippen LogP contribution in [-0.2, 0) is 25.2 Å². The molecular weight excluding hydrogens is 945 g/mol. The predicted molar refractivity (Wildman–Crippen MR) is 253 cm³/mol. The third-order valence-corrected chi connectivity index (χ3v) is 11.8. The fourth-order valence-corrected chi connectivity index (χ4v) is 7.85. The van der Waals surface area contributed by atoms with Crippen molar-refractivity contribution in [3.63, 3.8) is 0 Å².